The molecule has 76 valence electrons. The second kappa shape index (κ2) is 4.65. The molecule has 1 heterocycles. The number of aliphatic carboxylic acids is 1. The minimum Gasteiger partial charge on any atom is -0.480 e. The van der Waals surface area contributed by atoms with Gasteiger partial charge in [0.1, 0.15) is 6.04 Å². The zero-order chi connectivity index (χ0) is 10.6. The molecule has 0 aliphatic carbocycles. The van der Waals surface area contributed by atoms with E-state index in [1.807, 2.05) is 38.1 Å². The van der Waals surface area contributed by atoms with Gasteiger partial charge in [-0.2, -0.15) is 0 Å². The van der Waals surface area contributed by atoms with Gasteiger partial charge >= 0.3 is 5.97 Å². The number of carboxylic acid groups (broad SMARTS) is 1. The number of nitrogens with one attached hydrogen (secondary N) is 1. The Kier molecular flexibility index (Phi) is 3.51. The molecule has 0 saturated heterocycles. The minimum atomic E-state index is -0.786. The lowest BCUT2D eigenvalue weighted by Gasteiger charge is -2.02. The van der Waals surface area contributed by atoms with Gasteiger partial charge in [-0.15, -0.1) is 0 Å². The monoisotopic (exact) mass is 193 g/mol. The van der Waals surface area contributed by atoms with Crippen LogP contribution in [0.2, 0.25) is 0 Å². The highest BCUT2D eigenvalue weighted by molar-refractivity contribution is 5.81. The predicted octanol–water partition coefficient (Wildman–Crippen LogP) is 2.13. The van der Waals surface area contributed by atoms with Gasteiger partial charge in [0.05, 0.1) is 0 Å². The third-order valence-corrected chi connectivity index (χ3v) is 2.07. The third-order valence-electron chi connectivity index (χ3n) is 2.07. The zero-order valence-electron chi connectivity index (χ0n) is 8.45. The first kappa shape index (κ1) is 10.6. The Morgan fingerprint density at radius 1 is 1.43 bits per heavy atom. The summed E-state index contributed by atoms with van der Waals surface area (Å²) in [5, 5.41) is 11.7. The molecule has 0 unspecified atom stereocenters. The summed E-state index contributed by atoms with van der Waals surface area (Å²) in [6.45, 7) is 4.00. The minimum absolute atomic E-state index is 0.442. The molecule has 0 aromatic heterocycles. The van der Waals surface area contributed by atoms with E-state index in [0.29, 0.717) is 6.42 Å². The smallest absolute Gasteiger partial charge is 0.326 e. The van der Waals surface area contributed by atoms with Crippen molar-refractivity contribution in [1.29, 1.82) is 0 Å². The fourth-order valence-electron chi connectivity index (χ4n) is 1.45. The molecular formula is C11H15NO2. The quantitative estimate of drug-likeness (QED) is 0.718. The molecule has 0 fully saturated rings. The molecule has 2 N–H and O–H groups in total. The summed E-state index contributed by atoms with van der Waals surface area (Å²) in [5.74, 6) is -0.786. The van der Waals surface area contributed by atoms with Crippen molar-refractivity contribution in [2.24, 2.45) is 0 Å². The Morgan fingerprint density at radius 3 is 2.64 bits per heavy atom. The molecule has 1 aliphatic heterocycles. The van der Waals surface area contributed by atoms with Gasteiger partial charge in [0.25, 0.3) is 0 Å². The number of fused-ring (bicyclic) bond motifs is 1. The van der Waals surface area contributed by atoms with Crippen molar-refractivity contribution in [2.45, 2.75) is 26.3 Å². The molecule has 3 heteroatoms. The van der Waals surface area contributed by atoms with Gasteiger partial charge in [0, 0.05) is 12.1 Å². The summed E-state index contributed by atoms with van der Waals surface area (Å²) in [7, 11) is 0. The van der Waals surface area contributed by atoms with Crippen LogP contribution in [0.15, 0.2) is 24.3 Å². The van der Waals surface area contributed by atoms with E-state index in [9.17, 15) is 4.79 Å². The first-order valence-electron chi connectivity index (χ1n) is 4.84. The lowest BCUT2D eigenvalue weighted by Crippen LogP contribution is -2.26. The van der Waals surface area contributed by atoms with Crippen LogP contribution in [0.5, 0.6) is 0 Å². The molecule has 2 rings (SSSR count). The average molecular weight is 193 g/mol. The Balaban J connectivity index is 0.000000461. The van der Waals surface area contributed by atoms with Crippen LogP contribution in [0.4, 0.5) is 5.69 Å². The number of rotatable bonds is 1. The standard InChI is InChI=1S/C9H9NO2.C2H6/c11-9(12)8-5-6-3-1-2-4-7(6)10-8;1-2/h1-4,8,10H,5H2,(H,11,12);1-2H3/t8-;/m1./s1. The van der Waals surface area contributed by atoms with Crippen molar-refractivity contribution in [3.8, 4) is 0 Å². The fourth-order valence-corrected chi connectivity index (χ4v) is 1.45. The summed E-state index contributed by atoms with van der Waals surface area (Å²) >= 11 is 0. The van der Waals surface area contributed by atoms with E-state index in [1.165, 1.54) is 0 Å². The van der Waals surface area contributed by atoms with Gasteiger partial charge in [0.2, 0.25) is 0 Å². The van der Waals surface area contributed by atoms with Crippen LogP contribution >= 0.6 is 0 Å². The van der Waals surface area contributed by atoms with Crippen LogP contribution in [0.3, 0.4) is 0 Å². The van der Waals surface area contributed by atoms with Crippen LogP contribution < -0.4 is 5.32 Å². The van der Waals surface area contributed by atoms with Crippen molar-refractivity contribution >= 4 is 11.7 Å². The second-order valence-corrected chi connectivity index (χ2v) is 2.90. The number of para-hydroxylation sites is 1. The maximum absolute atomic E-state index is 10.6. The van der Waals surface area contributed by atoms with Gasteiger partial charge in [-0.1, -0.05) is 32.0 Å². The molecule has 0 spiro atoms. The Labute approximate surface area is 83.8 Å². The molecule has 1 aromatic rings. The Hall–Kier alpha value is -1.51. The number of carbonyl (C=O) groups is 1. The summed E-state index contributed by atoms with van der Waals surface area (Å²) in [6, 6.07) is 7.23. The molecule has 14 heavy (non-hydrogen) atoms. The molecule has 3 nitrogen and oxygen atoms in total. The molecule has 1 atom stereocenters. The second-order valence-electron chi connectivity index (χ2n) is 2.90. The summed E-state index contributed by atoms with van der Waals surface area (Å²) in [5.41, 5.74) is 2.04. The largest absolute Gasteiger partial charge is 0.480 e. The molecule has 1 aliphatic rings. The Bertz CT molecular complexity index is 298. The van der Waals surface area contributed by atoms with Gasteiger partial charge in [-0.05, 0) is 11.6 Å². The molecule has 0 bridgehead atoms. The number of benzene rings is 1. The van der Waals surface area contributed by atoms with E-state index in [-0.39, 0.29) is 0 Å². The van der Waals surface area contributed by atoms with Crippen molar-refractivity contribution < 1.29 is 9.90 Å². The maximum atomic E-state index is 10.6. The van der Waals surface area contributed by atoms with E-state index < -0.39 is 12.0 Å². The van der Waals surface area contributed by atoms with Crippen LogP contribution in [-0.2, 0) is 11.2 Å². The predicted molar refractivity (Wildman–Crippen MR) is 56.5 cm³/mol. The molecule has 0 saturated carbocycles. The zero-order valence-corrected chi connectivity index (χ0v) is 8.45. The van der Waals surface area contributed by atoms with E-state index in [0.717, 1.165) is 11.3 Å². The molecule has 1 aromatic carbocycles. The number of anilines is 1. The molecular weight excluding hydrogens is 178 g/mol. The fraction of sp³-hybridized carbons (Fsp3) is 0.364. The summed E-state index contributed by atoms with van der Waals surface area (Å²) in [6.07, 6.45) is 0.589. The van der Waals surface area contributed by atoms with E-state index in [4.69, 9.17) is 5.11 Å². The van der Waals surface area contributed by atoms with E-state index >= 15 is 0 Å². The topological polar surface area (TPSA) is 49.3 Å². The van der Waals surface area contributed by atoms with Crippen molar-refractivity contribution in [3.05, 3.63) is 29.8 Å². The SMILES string of the molecule is CC.O=C(O)[C@H]1Cc2ccccc2N1. The lowest BCUT2D eigenvalue weighted by atomic mass is 10.1. The highest BCUT2D eigenvalue weighted by Crippen LogP contribution is 2.24. The first-order chi connectivity index (χ1) is 6.77. The Morgan fingerprint density at radius 2 is 2.07 bits per heavy atom. The van der Waals surface area contributed by atoms with Gasteiger partial charge in [-0.25, -0.2) is 4.79 Å². The number of hydrogen-bond donors (Lipinski definition) is 2. The normalized spacial score (nSPS) is 17.4. The summed E-state index contributed by atoms with van der Waals surface area (Å²) in [4.78, 5) is 10.6. The highest BCUT2D eigenvalue weighted by atomic mass is 16.4. The van der Waals surface area contributed by atoms with E-state index in [2.05, 4.69) is 5.32 Å². The average Bonchev–Trinajstić information content (AvgIpc) is 2.64. The first-order valence-corrected chi connectivity index (χ1v) is 4.84. The summed E-state index contributed by atoms with van der Waals surface area (Å²) < 4.78 is 0. The van der Waals surface area contributed by atoms with Crippen molar-refractivity contribution in [2.75, 3.05) is 5.32 Å². The van der Waals surface area contributed by atoms with Crippen LogP contribution in [-0.4, -0.2) is 17.1 Å². The van der Waals surface area contributed by atoms with Crippen molar-refractivity contribution in [3.63, 3.8) is 0 Å². The third kappa shape index (κ3) is 2.05. The lowest BCUT2D eigenvalue weighted by molar-refractivity contribution is -0.137. The number of carboxylic acids is 1. The van der Waals surface area contributed by atoms with Crippen LogP contribution in [0, 0.1) is 0 Å². The van der Waals surface area contributed by atoms with Gasteiger partial charge in [0.15, 0.2) is 0 Å². The highest BCUT2D eigenvalue weighted by Gasteiger charge is 2.25. The molecule has 0 amide bonds. The van der Waals surface area contributed by atoms with Crippen LogP contribution in [0.25, 0.3) is 0 Å². The van der Waals surface area contributed by atoms with Crippen LogP contribution in [0.1, 0.15) is 19.4 Å². The van der Waals surface area contributed by atoms with Gasteiger partial charge in [-0.3, -0.25) is 0 Å². The van der Waals surface area contributed by atoms with E-state index in [1.54, 1.807) is 0 Å². The molecule has 0 radical (unpaired) electrons. The maximum Gasteiger partial charge on any atom is 0.326 e. The van der Waals surface area contributed by atoms with Crippen molar-refractivity contribution in [1.82, 2.24) is 0 Å². The number of hydrogen-bond acceptors (Lipinski definition) is 2. The van der Waals surface area contributed by atoms with Gasteiger partial charge < -0.3 is 10.4 Å².